The maximum absolute atomic E-state index is 5.49. The van der Waals surface area contributed by atoms with Gasteiger partial charge in [0.2, 0.25) is 0 Å². The van der Waals surface area contributed by atoms with Crippen LogP contribution in [0.15, 0.2) is 4.99 Å². The zero-order valence-electron chi connectivity index (χ0n) is 15.3. The highest BCUT2D eigenvalue weighted by Crippen LogP contribution is 2.16. The number of aliphatic imine (C=N–C) groups is 1. The minimum Gasteiger partial charge on any atom is -0.379 e. The van der Waals surface area contributed by atoms with Crippen molar-refractivity contribution in [3.8, 4) is 0 Å². The molecule has 2 aliphatic heterocycles. The van der Waals surface area contributed by atoms with Crippen LogP contribution in [0.3, 0.4) is 0 Å². The second-order valence-corrected chi connectivity index (χ2v) is 7.08. The Labute approximate surface area is 159 Å². The topological polar surface area (TPSA) is 40.1 Å². The van der Waals surface area contributed by atoms with Gasteiger partial charge in [-0.25, -0.2) is 0 Å². The van der Waals surface area contributed by atoms with Crippen LogP contribution in [-0.4, -0.2) is 74.8 Å². The fourth-order valence-electron chi connectivity index (χ4n) is 3.61. The predicted molar refractivity (Wildman–Crippen MR) is 108 cm³/mol. The first-order chi connectivity index (χ1) is 10.6. The molecule has 0 aromatic heterocycles. The Morgan fingerprint density at radius 3 is 2.52 bits per heavy atom. The Hall–Kier alpha value is -0.0800. The van der Waals surface area contributed by atoms with Crippen LogP contribution in [-0.2, 0) is 4.74 Å². The van der Waals surface area contributed by atoms with E-state index in [1.54, 1.807) is 0 Å². The second kappa shape index (κ2) is 10.7. The molecule has 0 saturated carbocycles. The Kier molecular flexibility index (Phi) is 9.77. The van der Waals surface area contributed by atoms with Crippen molar-refractivity contribution in [2.24, 2.45) is 16.8 Å². The van der Waals surface area contributed by atoms with Gasteiger partial charge in [0.05, 0.1) is 13.2 Å². The van der Waals surface area contributed by atoms with Gasteiger partial charge in [0.1, 0.15) is 0 Å². The van der Waals surface area contributed by atoms with Gasteiger partial charge in [0, 0.05) is 45.8 Å². The molecule has 2 saturated heterocycles. The SMILES string of the molecule is CN=C(NCC(C(C)C)N1CCOCC1)N1CCCC(C)C1.I. The third kappa shape index (κ3) is 6.38. The molecule has 2 atom stereocenters. The maximum atomic E-state index is 5.49. The van der Waals surface area contributed by atoms with E-state index in [0.29, 0.717) is 12.0 Å². The number of nitrogens with zero attached hydrogens (tertiary/aromatic N) is 3. The summed E-state index contributed by atoms with van der Waals surface area (Å²) in [5.41, 5.74) is 0. The molecule has 0 spiro atoms. The van der Waals surface area contributed by atoms with Gasteiger partial charge in [-0.05, 0) is 24.7 Å². The molecule has 0 aliphatic carbocycles. The Bertz CT molecular complexity index is 359. The van der Waals surface area contributed by atoms with Crippen LogP contribution in [0.4, 0.5) is 0 Å². The van der Waals surface area contributed by atoms with Crippen LogP contribution >= 0.6 is 24.0 Å². The molecule has 2 unspecified atom stereocenters. The summed E-state index contributed by atoms with van der Waals surface area (Å²) in [5, 5.41) is 3.63. The quantitative estimate of drug-likeness (QED) is 0.416. The van der Waals surface area contributed by atoms with E-state index in [1.807, 2.05) is 7.05 Å². The number of likely N-dealkylation sites (tertiary alicyclic amines) is 1. The lowest BCUT2D eigenvalue weighted by Gasteiger charge is -2.39. The summed E-state index contributed by atoms with van der Waals surface area (Å²) in [7, 11) is 1.90. The number of guanidine groups is 1. The summed E-state index contributed by atoms with van der Waals surface area (Å²) >= 11 is 0. The van der Waals surface area contributed by atoms with Crippen LogP contribution in [0.25, 0.3) is 0 Å². The Balaban J connectivity index is 0.00000264. The summed E-state index contributed by atoms with van der Waals surface area (Å²) < 4.78 is 5.49. The van der Waals surface area contributed by atoms with Crippen LogP contribution in [0.5, 0.6) is 0 Å². The van der Waals surface area contributed by atoms with Crippen LogP contribution in [0.2, 0.25) is 0 Å². The smallest absolute Gasteiger partial charge is 0.193 e. The third-order valence-electron chi connectivity index (χ3n) is 4.92. The molecule has 136 valence electrons. The zero-order valence-corrected chi connectivity index (χ0v) is 17.6. The highest BCUT2D eigenvalue weighted by atomic mass is 127. The van der Waals surface area contributed by atoms with Crippen molar-refractivity contribution < 1.29 is 4.74 Å². The molecule has 0 aromatic rings. The number of nitrogens with one attached hydrogen (secondary N) is 1. The number of morpholine rings is 1. The van der Waals surface area contributed by atoms with E-state index in [4.69, 9.17) is 4.74 Å². The minimum absolute atomic E-state index is 0. The lowest BCUT2D eigenvalue weighted by molar-refractivity contribution is 0.00736. The summed E-state index contributed by atoms with van der Waals surface area (Å²) in [5.74, 6) is 2.47. The van der Waals surface area contributed by atoms with E-state index in [0.717, 1.165) is 57.8 Å². The molecule has 2 rings (SSSR count). The average molecular weight is 438 g/mol. The monoisotopic (exact) mass is 438 g/mol. The third-order valence-corrected chi connectivity index (χ3v) is 4.92. The normalized spacial score (nSPS) is 25.2. The van der Waals surface area contributed by atoms with Gasteiger partial charge in [0.25, 0.3) is 0 Å². The van der Waals surface area contributed by atoms with Crippen molar-refractivity contribution in [3.63, 3.8) is 0 Å². The van der Waals surface area contributed by atoms with Gasteiger partial charge in [-0.2, -0.15) is 0 Å². The fraction of sp³-hybridized carbons (Fsp3) is 0.941. The van der Waals surface area contributed by atoms with E-state index < -0.39 is 0 Å². The van der Waals surface area contributed by atoms with E-state index in [2.05, 4.69) is 40.9 Å². The molecule has 5 nitrogen and oxygen atoms in total. The Morgan fingerprint density at radius 1 is 1.26 bits per heavy atom. The first-order valence-electron chi connectivity index (χ1n) is 8.89. The van der Waals surface area contributed by atoms with Crippen LogP contribution < -0.4 is 5.32 Å². The van der Waals surface area contributed by atoms with Gasteiger partial charge in [-0.1, -0.05) is 20.8 Å². The Morgan fingerprint density at radius 2 is 1.96 bits per heavy atom. The summed E-state index contributed by atoms with van der Waals surface area (Å²) in [6.45, 7) is 14.0. The van der Waals surface area contributed by atoms with Crippen molar-refractivity contribution >= 4 is 29.9 Å². The lowest BCUT2D eigenvalue weighted by atomic mass is 10.0. The van der Waals surface area contributed by atoms with E-state index in [-0.39, 0.29) is 24.0 Å². The zero-order chi connectivity index (χ0) is 15.9. The second-order valence-electron chi connectivity index (χ2n) is 7.08. The van der Waals surface area contributed by atoms with Crippen molar-refractivity contribution in [3.05, 3.63) is 0 Å². The van der Waals surface area contributed by atoms with Crippen LogP contribution in [0.1, 0.15) is 33.6 Å². The number of hydrogen-bond acceptors (Lipinski definition) is 3. The van der Waals surface area contributed by atoms with Crippen molar-refractivity contribution in [1.82, 2.24) is 15.1 Å². The lowest BCUT2D eigenvalue weighted by Crippen LogP contribution is -2.54. The van der Waals surface area contributed by atoms with Crippen molar-refractivity contribution in [1.29, 1.82) is 0 Å². The first kappa shape index (κ1) is 21.0. The molecule has 2 fully saturated rings. The molecular weight excluding hydrogens is 403 g/mol. The minimum atomic E-state index is 0. The van der Waals surface area contributed by atoms with E-state index in [9.17, 15) is 0 Å². The maximum Gasteiger partial charge on any atom is 0.193 e. The number of ether oxygens (including phenoxy) is 1. The van der Waals surface area contributed by atoms with Gasteiger partial charge < -0.3 is 15.0 Å². The number of hydrogen-bond donors (Lipinski definition) is 1. The highest BCUT2D eigenvalue weighted by molar-refractivity contribution is 14.0. The number of piperidine rings is 1. The van der Waals surface area contributed by atoms with Crippen molar-refractivity contribution in [2.45, 2.75) is 39.7 Å². The highest BCUT2D eigenvalue weighted by Gasteiger charge is 2.25. The largest absolute Gasteiger partial charge is 0.379 e. The standard InChI is InChI=1S/C17H34N4O.HI/c1-14(2)16(20-8-10-22-11-9-20)12-19-17(18-4)21-7-5-6-15(3)13-21;/h14-16H,5-13H2,1-4H3,(H,18,19);1H. The fourth-order valence-corrected chi connectivity index (χ4v) is 3.61. The molecular formula is C17H35IN4O. The molecule has 0 aromatic carbocycles. The van der Waals surface area contributed by atoms with Gasteiger partial charge in [-0.15, -0.1) is 24.0 Å². The molecule has 2 heterocycles. The van der Waals surface area contributed by atoms with Gasteiger partial charge >= 0.3 is 0 Å². The summed E-state index contributed by atoms with van der Waals surface area (Å²) in [4.78, 5) is 9.50. The van der Waals surface area contributed by atoms with Gasteiger partial charge in [0.15, 0.2) is 5.96 Å². The summed E-state index contributed by atoms with van der Waals surface area (Å²) in [6.07, 6.45) is 2.62. The van der Waals surface area contributed by atoms with Crippen molar-refractivity contribution in [2.75, 3.05) is 53.0 Å². The molecule has 0 amide bonds. The van der Waals surface area contributed by atoms with E-state index in [1.165, 1.54) is 12.8 Å². The molecule has 0 radical (unpaired) electrons. The summed E-state index contributed by atoms with van der Waals surface area (Å²) in [6, 6.07) is 0.544. The first-order valence-corrected chi connectivity index (χ1v) is 8.89. The molecule has 23 heavy (non-hydrogen) atoms. The molecule has 2 aliphatic rings. The van der Waals surface area contributed by atoms with E-state index >= 15 is 0 Å². The molecule has 6 heteroatoms. The van der Waals surface area contributed by atoms with Crippen LogP contribution in [0, 0.1) is 11.8 Å². The van der Waals surface area contributed by atoms with Gasteiger partial charge in [-0.3, -0.25) is 9.89 Å². The predicted octanol–water partition coefficient (Wildman–Crippen LogP) is 2.27. The molecule has 1 N–H and O–H groups in total. The average Bonchev–Trinajstić information content (AvgIpc) is 2.52. The number of halogens is 1. The number of rotatable bonds is 4. The molecule has 0 bridgehead atoms.